The van der Waals surface area contributed by atoms with E-state index in [9.17, 15) is 13.6 Å². The highest BCUT2D eigenvalue weighted by atomic mass is 19.3. The molecule has 18 heavy (non-hydrogen) atoms. The normalized spacial score (nSPS) is 10.2. The molecule has 0 amide bonds. The quantitative estimate of drug-likeness (QED) is 0.837. The number of nitrogens with zero attached hydrogens (tertiary/aromatic N) is 1. The Morgan fingerprint density at radius 1 is 1.56 bits per heavy atom. The predicted molar refractivity (Wildman–Crippen MR) is 58.0 cm³/mol. The third-order valence-electron chi connectivity index (χ3n) is 2.32. The van der Waals surface area contributed by atoms with Gasteiger partial charge in [-0.15, -0.1) is 0 Å². The van der Waals surface area contributed by atoms with E-state index in [0.717, 1.165) is 6.07 Å². The van der Waals surface area contributed by atoms with Crippen LogP contribution < -0.4 is 0 Å². The molecule has 1 aromatic carbocycles. The van der Waals surface area contributed by atoms with Crippen LogP contribution in [0.4, 0.5) is 8.78 Å². The molecule has 0 aromatic heterocycles. The molecule has 4 nitrogen and oxygen atoms in total. The highest BCUT2D eigenvalue weighted by Crippen LogP contribution is 2.29. The second-order valence-electron chi connectivity index (χ2n) is 3.35. The Morgan fingerprint density at radius 3 is 2.67 bits per heavy atom. The number of rotatable bonds is 4. The van der Waals surface area contributed by atoms with E-state index in [0.29, 0.717) is 0 Å². The molecule has 0 fully saturated rings. The van der Waals surface area contributed by atoms with Crippen molar-refractivity contribution in [3.63, 3.8) is 0 Å². The van der Waals surface area contributed by atoms with E-state index in [-0.39, 0.29) is 17.7 Å². The number of carbonyl (C=O) groups is 1. The second kappa shape index (κ2) is 6.07. The van der Waals surface area contributed by atoms with Crippen molar-refractivity contribution in [3.05, 3.63) is 34.4 Å². The van der Waals surface area contributed by atoms with Crippen molar-refractivity contribution in [2.75, 3.05) is 6.61 Å². The third kappa shape index (κ3) is 2.63. The van der Waals surface area contributed by atoms with E-state index in [2.05, 4.69) is 4.74 Å². The summed E-state index contributed by atoms with van der Waals surface area (Å²) >= 11 is 0. The van der Waals surface area contributed by atoms with Crippen molar-refractivity contribution in [1.82, 2.24) is 0 Å². The monoisotopic (exact) mass is 255 g/mol. The molecule has 0 spiro atoms. The molecule has 0 unspecified atom stereocenters. The van der Waals surface area contributed by atoms with Crippen molar-refractivity contribution < 1.29 is 23.4 Å². The molecule has 6 heteroatoms. The molecule has 96 valence electrons. The van der Waals surface area contributed by atoms with Gasteiger partial charge in [-0.2, -0.15) is 5.26 Å². The summed E-state index contributed by atoms with van der Waals surface area (Å²) in [6.07, 6.45) is -2.99. The van der Waals surface area contributed by atoms with E-state index < -0.39 is 30.1 Å². The first-order chi connectivity index (χ1) is 8.56. The first-order valence-corrected chi connectivity index (χ1v) is 5.18. The van der Waals surface area contributed by atoms with Crippen LogP contribution in [0.5, 0.6) is 0 Å². The summed E-state index contributed by atoms with van der Waals surface area (Å²) in [5, 5.41) is 17.8. The molecule has 0 aliphatic rings. The summed E-state index contributed by atoms with van der Waals surface area (Å²) in [6, 6.07) is 4.01. The highest BCUT2D eigenvalue weighted by molar-refractivity contribution is 5.93. The number of aliphatic hydroxyl groups is 1. The van der Waals surface area contributed by atoms with Crippen LogP contribution in [0.1, 0.15) is 40.4 Å². The molecule has 1 rings (SSSR count). The number of aliphatic hydroxyl groups excluding tert-OH is 1. The first kappa shape index (κ1) is 14.1. The van der Waals surface area contributed by atoms with Gasteiger partial charge in [0.15, 0.2) is 0 Å². The average molecular weight is 255 g/mol. The van der Waals surface area contributed by atoms with Gasteiger partial charge in [-0.05, 0) is 18.6 Å². The number of halogens is 2. The van der Waals surface area contributed by atoms with Gasteiger partial charge in [0.25, 0.3) is 6.43 Å². The van der Waals surface area contributed by atoms with Gasteiger partial charge in [0.05, 0.1) is 36.0 Å². The van der Waals surface area contributed by atoms with E-state index in [1.165, 1.54) is 13.0 Å². The van der Waals surface area contributed by atoms with E-state index >= 15 is 0 Å². The lowest BCUT2D eigenvalue weighted by molar-refractivity contribution is 0.0511. The fourth-order valence-corrected chi connectivity index (χ4v) is 1.56. The van der Waals surface area contributed by atoms with Crippen molar-refractivity contribution in [2.24, 2.45) is 0 Å². The number of esters is 1. The zero-order chi connectivity index (χ0) is 13.7. The van der Waals surface area contributed by atoms with Crippen LogP contribution in [0, 0.1) is 11.3 Å². The van der Waals surface area contributed by atoms with Crippen molar-refractivity contribution >= 4 is 5.97 Å². The molecule has 1 N–H and O–H groups in total. The zero-order valence-corrected chi connectivity index (χ0v) is 9.61. The Morgan fingerprint density at radius 2 is 2.22 bits per heavy atom. The molecule has 0 aliphatic carbocycles. The number of ether oxygens (including phenoxy) is 1. The largest absolute Gasteiger partial charge is 0.462 e. The molecule has 0 saturated heterocycles. The average Bonchev–Trinajstić information content (AvgIpc) is 2.36. The number of benzene rings is 1. The Kier molecular flexibility index (Phi) is 4.75. The zero-order valence-electron chi connectivity index (χ0n) is 9.61. The summed E-state index contributed by atoms with van der Waals surface area (Å²) in [5.41, 5.74) is -1.40. The summed E-state index contributed by atoms with van der Waals surface area (Å²) in [5.74, 6) is -0.964. The summed E-state index contributed by atoms with van der Waals surface area (Å²) in [4.78, 5) is 11.6. The van der Waals surface area contributed by atoms with Crippen LogP contribution in [0.15, 0.2) is 12.1 Å². The highest BCUT2D eigenvalue weighted by Gasteiger charge is 2.26. The molecule has 0 radical (unpaired) electrons. The van der Waals surface area contributed by atoms with Gasteiger partial charge < -0.3 is 9.84 Å². The van der Waals surface area contributed by atoms with E-state index in [1.807, 2.05) is 0 Å². The standard InChI is InChI=1S/C12H11F2NO3/c1-2-18-12(17)10-8(6-16)4-3-7(5-15)9(10)11(13)14/h3-4,11,16H,2,6H2,1H3. The number of hydrogen-bond donors (Lipinski definition) is 1. The fraction of sp³-hybridized carbons (Fsp3) is 0.333. The van der Waals surface area contributed by atoms with Gasteiger partial charge in [0.2, 0.25) is 0 Å². The van der Waals surface area contributed by atoms with Crippen LogP contribution >= 0.6 is 0 Å². The van der Waals surface area contributed by atoms with Crippen molar-refractivity contribution in [3.8, 4) is 6.07 Å². The third-order valence-corrected chi connectivity index (χ3v) is 2.32. The topological polar surface area (TPSA) is 70.3 Å². The molecular formula is C12H11F2NO3. The van der Waals surface area contributed by atoms with Crippen molar-refractivity contribution in [1.29, 1.82) is 5.26 Å². The van der Waals surface area contributed by atoms with Gasteiger partial charge in [-0.25, -0.2) is 13.6 Å². The maximum Gasteiger partial charge on any atom is 0.339 e. The van der Waals surface area contributed by atoms with Gasteiger partial charge in [-0.3, -0.25) is 0 Å². The minimum Gasteiger partial charge on any atom is -0.462 e. The number of carbonyl (C=O) groups excluding carboxylic acids is 1. The Bertz CT molecular complexity index is 495. The smallest absolute Gasteiger partial charge is 0.339 e. The maximum atomic E-state index is 13.0. The maximum absolute atomic E-state index is 13.0. The van der Waals surface area contributed by atoms with Crippen LogP contribution in [-0.4, -0.2) is 17.7 Å². The lowest BCUT2D eigenvalue weighted by Crippen LogP contribution is -2.13. The Labute approximate surface area is 102 Å². The molecule has 0 saturated carbocycles. The van der Waals surface area contributed by atoms with Crippen molar-refractivity contribution in [2.45, 2.75) is 20.0 Å². The molecule has 0 bridgehead atoms. The fourth-order valence-electron chi connectivity index (χ4n) is 1.56. The SMILES string of the molecule is CCOC(=O)c1c(CO)ccc(C#N)c1C(F)F. The Hall–Kier alpha value is -2.00. The summed E-state index contributed by atoms with van der Waals surface area (Å²) in [7, 11) is 0. The minimum absolute atomic E-state index is 0.0164. The van der Waals surface area contributed by atoms with Crippen LogP contribution in [0.3, 0.4) is 0 Å². The van der Waals surface area contributed by atoms with Gasteiger partial charge >= 0.3 is 5.97 Å². The lowest BCUT2D eigenvalue weighted by Gasteiger charge is -2.13. The molecule has 0 heterocycles. The number of alkyl halides is 2. The first-order valence-electron chi connectivity index (χ1n) is 5.18. The van der Waals surface area contributed by atoms with E-state index in [4.69, 9.17) is 10.4 Å². The molecule has 0 aliphatic heterocycles. The molecular weight excluding hydrogens is 244 g/mol. The second-order valence-corrected chi connectivity index (χ2v) is 3.35. The van der Waals surface area contributed by atoms with Crippen LogP contribution in [-0.2, 0) is 11.3 Å². The summed E-state index contributed by atoms with van der Waals surface area (Å²) in [6.45, 7) is 0.968. The Balaban J connectivity index is 3.51. The van der Waals surface area contributed by atoms with Gasteiger partial charge in [0.1, 0.15) is 0 Å². The predicted octanol–water partition coefficient (Wildman–Crippen LogP) is 2.16. The van der Waals surface area contributed by atoms with Crippen LogP contribution in [0.25, 0.3) is 0 Å². The van der Waals surface area contributed by atoms with Gasteiger partial charge in [-0.1, -0.05) is 6.07 Å². The lowest BCUT2D eigenvalue weighted by atomic mass is 9.96. The summed E-state index contributed by atoms with van der Waals surface area (Å²) < 4.78 is 30.6. The molecule has 1 aromatic rings. The minimum atomic E-state index is -2.99. The van der Waals surface area contributed by atoms with E-state index in [1.54, 1.807) is 6.07 Å². The number of nitriles is 1. The van der Waals surface area contributed by atoms with Gasteiger partial charge in [0, 0.05) is 0 Å². The molecule has 0 atom stereocenters. The number of hydrogen-bond acceptors (Lipinski definition) is 4. The van der Waals surface area contributed by atoms with Crippen LogP contribution in [0.2, 0.25) is 0 Å².